The summed E-state index contributed by atoms with van der Waals surface area (Å²) in [6, 6.07) is 7.43. The molecule has 0 radical (unpaired) electrons. The van der Waals surface area contributed by atoms with Gasteiger partial charge in [0.1, 0.15) is 0 Å². The fourth-order valence-corrected chi connectivity index (χ4v) is 1.63. The summed E-state index contributed by atoms with van der Waals surface area (Å²) >= 11 is 0. The van der Waals surface area contributed by atoms with Gasteiger partial charge in [-0.05, 0) is 18.6 Å². The first-order valence-corrected chi connectivity index (χ1v) is 5.31. The molecule has 2 rings (SSSR count). The molecule has 3 nitrogen and oxygen atoms in total. The summed E-state index contributed by atoms with van der Waals surface area (Å²) in [4.78, 5) is 11.9. The van der Waals surface area contributed by atoms with E-state index in [4.69, 9.17) is 9.47 Å². The van der Waals surface area contributed by atoms with Crippen LogP contribution in [0.1, 0.15) is 22.8 Å². The number of Topliss-reactive ketones (excluding diaryl/α,β-unsaturated/α-hetero) is 1. The van der Waals surface area contributed by atoms with Crippen LogP contribution in [-0.2, 0) is 9.47 Å². The number of carbonyl (C=O) groups excluding carboxylic acids is 1. The molecule has 1 aliphatic heterocycles. The molecule has 0 atom stereocenters. The molecule has 1 aliphatic rings. The second kappa shape index (κ2) is 5.05. The van der Waals surface area contributed by atoms with Crippen LogP contribution in [0, 0.1) is 0 Å². The molecule has 0 aliphatic carbocycles. The highest BCUT2D eigenvalue weighted by atomic mass is 16.7. The fraction of sp³-hybridized carbons (Fsp3) is 0.308. The van der Waals surface area contributed by atoms with Gasteiger partial charge >= 0.3 is 0 Å². The molecular weight excluding hydrogens is 204 g/mol. The quantitative estimate of drug-likeness (QED) is 0.730. The Balaban J connectivity index is 2.19. The van der Waals surface area contributed by atoms with Crippen molar-refractivity contribution >= 4 is 11.9 Å². The third-order valence-electron chi connectivity index (χ3n) is 2.37. The van der Waals surface area contributed by atoms with E-state index in [-0.39, 0.29) is 5.78 Å². The largest absolute Gasteiger partial charge is 0.343 e. The average molecular weight is 218 g/mol. The maximum atomic E-state index is 11.9. The lowest BCUT2D eigenvalue weighted by atomic mass is 10.1. The summed E-state index contributed by atoms with van der Waals surface area (Å²) in [5, 5.41) is 0. The Bertz CT molecular complexity index is 403. The molecule has 3 heteroatoms. The molecule has 84 valence electrons. The second-order valence-electron chi connectivity index (χ2n) is 3.56. The van der Waals surface area contributed by atoms with Crippen LogP contribution < -0.4 is 0 Å². The van der Waals surface area contributed by atoms with Crippen molar-refractivity contribution in [1.82, 2.24) is 0 Å². The van der Waals surface area contributed by atoms with Crippen LogP contribution >= 0.6 is 0 Å². The standard InChI is InChI=1S/C13H14O3/c1-2-4-10-5-3-6-11(9-10)12(14)13-15-7-8-16-13/h2-6,9,13H,7-8H2,1H3/b4-2+. The van der Waals surface area contributed by atoms with Crippen LogP contribution in [0.5, 0.6) is 0 Å². The van der Waals surface area contributed by atoms with Crippen LogP contribution in [0.2, 0.25) is 0 Å². The maximum Gasteiger partial charge on any atom is 0.222 e. The van der Waals surface area contributed by atoms with Gasteiger partial charge < -0.3 is 9.47 Å². The SMILES string of the molecule is C/C=C/c1cccc(C(=O)C2OCCO2)c1. The number of hydrogen-bond donors (Lipinski definition) is 0. The summed E-state index contributed by atoms with van der Waals surface area (Å²) in [5.41, 5.74) is 1.63. The van der Waals surface area contributed by atoms with Gasteiger partial charge in [0, 0.05) is 5.56 Å². The third kappa shape index (κ3) is 2.38. The Morgan fingerprint density at radius 3 is 2.81 bits per heavy atom. The van der Waals surface area contributed by atoms with Gasteiger partial charge in [-0.2, -0.15) is 0 Å². The van der Waals surface area contributed by atoms with Gasteiger partial charge in [-0.15, -0.1) is 0 Å². The van der Waals surface area contributed by atoms with Crippen molar-refractivity contribution in [3.05, 3.63) is 41.5 Å². The number of allylic oxidation sites excluding steroid dienone is 1. The van der Waals surface area contributed by atoms with Gasteiger partial charge in [-0.25, -0.2) is 0 Å². The van der Waals surface area contributed by atoms with E-state index in [0.29, 0.717) is 18.8 Å². The zero-order valence-corrected chi connectivity index (χ0v) is 9.18. The summed E-state index contributed by atoms with van der Waals surface area (Å²) in [6.07, 6.45) is 3.17. The lowest BCUT2D eigenvalue weighted by Crippen LogP contribution is -2.21. The normalized spacial score (nSPS) is 17.1. The predicted molar refractivity (Wildman–Crippen MR) is 61.2 cm³/mol. The van der Waals surface area contributed by atoms with Gasteiger partial charge in [0.05, 0.1) is 13.2 Å². The van der Waals surface area contributed by atoms with Crippen LogP contribution in [0.25, 0.3) is 6.08 Å². The van der Waals surface area contributed by atoms with Crippen molar-refractivity contribution in [2.45, 2.75) is 13.2 Å². The summed E-state index contributed by atoms with van der Waals surface area (Å²) in [5.74, 6) is -0.108. The van der Waals surface area contributed by atoms with E-state index in [1.165, 1.54) is 0 Å². The van der Waals surface area contributed by atoms with Gasteiger partial charge in [0.2, 0.25) is 12.1 Å². The fourth-order valence-electron chi connectivity index (χ4n) is 1.63. The first kappa shape index (κ1) is 11.0. The first-order chi connectivity index (χ1) is 7.81. The topological polar surface area (TPSA) is 35.5 Å². The number of benzene rings is 1. The second-order valence-corrected chi connectivity index (χ2v) is 3.56. The molecule has 0 unspecified atom stereocenters. The van der Waals surface area contributed by atoms with Crippen LogP contribution in [0.3, 0.4) is 0 Å². The molecule has 1 aromatic carbocycles. The Hall–Kier alpha value is -1.45. The van der Waals surface area contributed by atoms with E-state index in [2.05, 4.69) is 0 Å². The predicted octanol–water partition coefficient (Wildman–Crippen LogP) is 2.28. The lowest BCUT2D eigenvalue weighted by Gasteiger charge is -2.07. The van der Waals surface area contributed by atoms with Crippen molar-refractivity contribution in [3.63, 3.8) is 0 Å². The van der Waals surface area contributed by atoms with Crippen molar-refractivity contribution in [2.24, 2.45) is 0 Å². The van der Waals surface area contributed by atoms with E-state index in [1.54, 1.807) is 6.07 Å². The Kier molecular flexibility index (Phi) is 3.49. The zero-order valence-electron chi connectivity index (χ0n) is 9.18. The smallest absolute Gasteiger partial charge is 0.222 e. The van der Waals surface area contributed by atoms with E-state index in [9.17, 15) is 4.79 Å². The number of ether oxygens (including phenoxy) is 2. The Morgan fingerprint density at radius 1 is 1.38 bits per heavy atom. The molecule has 1 saturated heterocycles. The minimum atomic E-state index is -0.721. The molecule has 1 fully saturated rings. The summed E-state index contributed by atoms with van der Waals surface area (Å²) < 4.78 is 10.4. The van der Waals surface area contributed by atoms with E-state index < -0.39 is 6.29 Å². The minimum Gasteiger partial charge on any atom is -0.343 e. The number of carbonyl (C=O) groups is 1. The third-order valence-corrected chi connectivity index (χ3v) is 2.37. The molecule has 0 aromatic heterocycles. The molecule has 0 amide bonds. The highest BCUT2D eigenvalue weighted by Crippen LogP contribution is 2.14. The molecule has 0 N–H and O–H groups in total. The van der Waals surface area contributed by atoms with Crippen LogP contribution in [0.15, 0.2) is 30.3 Å². The summed E-state index contributed by atoms with van der Waals surface area (Å²) in [7, 11) is 0. The van der Waals surface area contributed by atoms with Crippen LogP contribution in [-0.4, -0.2) is 25.3 Å². The molecule has 1 heterocycles. The molecule has 0 spiro atoms. The van der Waals surface area contributed by atoms with Gasteiger partial charge in [0.25, 0.3) is 0 Å². The Labute approximate surface area is 94.7 Å². The molecule has 16 heavy (non-hydrogen) atoms. The summed E-state index contributed by atoms with van der Waals surface area (Å²) in [6.45, 7) is 2.92. The van der Waals surface area contributed by atoms with Gasteiger partial charge in [0.15, 0.2) is 0 Å². The Morgan fingerprint density at radius 2 is 2.12 bits per heavy atom. The van der Waals surface area contributed by atoms with Crippen molar-refractivity contribution in [2.75, 3.05) is 13.2 Å². The minimum absolute atomic E-state index is 0.108. The van der Waals surface area contributed by atoms with Crippen molar-refractivity contribution in [3.8, 4) is 0 Å². The number of ketones is 1. The van der Waals surface area contributed by atoms with E-state index in [0.717, 1.165) is 5.56 Å². The monoisotopic (exact) mass is 218 g/mol. The van der Waals surface area contributed by atoms with E-state index >= 15 is 0 Å². The maximum absolute atomic E-state index is 11.9. The number of rotatable bonds is 3. The zero-order chi connectivity index (χ0) is 11.4. The lowest BCUT2D eigenvalue weighted by molar-refractivity contribution is -0.0213. The molecule has 1 aromatic rings. The highest BCUT2D eigenvalue weighted by Gasteiger charge is 2.25. The van der Waals surface area contributed by atoms with Crippen molar-refractivity contribution < 1.29 is 14.3 Å². The van der Waals surface area contributed by atoms with Gasteiger partial charge in [-0.1, -0.05) is 30.4 Å². The molecule has 0 saturated carbocycles. The number of hydrogen-bond acceptors (Lipinski definition) is 3. The average Bonchev–Trinajstić information content (AvgIpc) is 2.82. The van der Waals surface area contributed by atoms with Crippen LogP contribution in [0.4, 0.5) is 0 Å². The van der Waals surface area contributed by atoms with E-state index in [1.807, 2.05) is 37.3 Å². The molecular formula is C13H14O3. The molecule has 0 bridgehead atoms. The highest BCUT2D eigenvalue weighted by molar-refractivity contribution is 5.99. The van der Waals surface area contributed by atoms with Crippen molar-refractivity contribution in [1.29, 1.82) is 0 Å². The first-order valence-electron chi connectivity index (χ1n) is 5.31. The van der Waals surface area contributed by atoms with Gasteiger partial charge in [-0.3, -0.25) is 4.79 Å².